The third-order valence-electron chi connectivity index (χ3n) is 7.15. The van der Waals surface area contributed by atoms with E-state index in [1.54, 1.807) is 6.07 Å². The number of aliphatic imine (C=N–C) groups is 4. The number of hydrogen-bond donors (Lipinski definition) is 0. The smallest absolute Gasteiger partial charge is 0.200 e. The van der Waals surface area contributed by atoms with E-state index in [1.165, 1.54) is 18.1 Å². The maximum absolute atomic E-state index is 7.32. The van der Waals surface area contributed by atoms with Crippen molar-refractivity contribution >= 4 is 46.6 Å². The Morgan fingerprint density at radius 1 is 0.438 bits per heavy atom. The predicted octanol–water partition coefficient (Wildman–Crippen LogP) is 4.23. The van der Waals surface area contributed by atoms with E-state index in [4.69, 9.17) is 25.2 Å². The highest BCUT2D eigenvalue weighted by molar-refractivity contribution is 5.94. The van der Waals surface area contributed by atoms with Crippen molar-refractivity contribution in [1.82, 2.24) is 39.2 Å². The number of nitriles is 1. The molecule has 0 aromatic heterocycles. The van der Waals surface area contributed by atoms with Gasteiger partial charge in [-0.15, -0.1) is 0 Å². The molecule has 0 aliphatic heterocycles. The Morgan fingerprint density at radius 3 is 0.812 bits per heavy atom. The minimum atomic E-state index is 0.769. The number of rotatable bonds is 4. The minimum absolute atomic E-state index is 0.769. The van der Waals surface area contributed by atoms with E-state index in [9.17, 15) is 0 Å². The van der Waals surface area contributed by atoms with Gasteiger partial charge >= 0.3 is 0 Å². The van der Waals surface area contributed by atoms with Gasteiger partial charge in [0.15, 0.2) is 0 Å². The number of hydrogen-bond acceptors (Lipinski definition) is 5. The van der Waals surface area contributed by atoms with Crippen LogP contribution in [0.1, 0.15) is 18.1 Å². The second-order valence-electron chi connectivity index (χ2n) is 13.2. The van der Waals surface area contributed by atoms with E-state index in [0.717, 1.165) is 64.1 Å². The van der Waals surface area contributed by atoms with Crippen LogP contribution >= 0.6 is 0 Å². The van der Waals surface area contributed by atoms with Crippen molar-refractivity contribution in [3.05, 3.63) is 35.4 Å². The Labute approximate surface area is 289 Å². The van der Waals surface area contributed by atoms with Gasteiger partial charge in [-0.05, 0) is 52.9 Å². The summed E-state index contributed by atoms with van der Waals surface area (Å²) in [5, 5.41) is 7.32. The Bertz CT molecular complexity index is 1430. The summed E-state index contributed by atoms with van der Waals surface area (Å²) in [6.45, 7) is 1.43. The fourth-order valence-electron chi connectivity index (χ4n) is 5.43. The van der Waals surface area contributed by atoms with Gasteiger partial charge in [-0.2, -0.15) is 5.26 Å². The molecule has 262 valence electrons. The average Bonchev–Trinajstić information content (AvgIpc) is 3.30. The standard InChI is InChI=1S/C33H54N12.C2H3N/c1-38(2)30(39(3)4)34-26-18-22-17-23-19-27(35-31(40(5)6)41(7)8)29(37-33(44(13)14)45(15)16)21-25(23)24(22)20-28(26)36-32(42(9)10)43(11)12;1-2-3/h18-21H,17H2,1-16H3;1H3. The van der Waals surface area contributed by atoms with Crippen LogP contribution in [0.15, 0.2) is 44.2 Å². The molecule has 0 unspecified atom stereocenters. The van der Waals surface area contributed by atoms with Crippen LogP contribution in [0.5, 0.6) is 0 Å². The van der Waals surface area contributed by atoms with Gasteiger partial charge in [0.05, 0.1) is 28.8 Å². The van der Waals surface area contributed by atoms with Crippen molar-refractivity contribution in [3.63, 3.8) is 0 Å². The van der Waals surface area contributed by atoms with E-state index >= 15 is 0 Å². The zero-order chi connectivity index (χ0) is 36.6. The van der Waals surface area contributed by atoms with Gasteiger partial charge in [-0.1, -0.05) is 0 Å². The SMILES string of the molecule is CC#N.CN(C)C(=Nc1cc2c(cc1N=C(N(C)C)N(C)C)-c1cc(N=C(N(C)C)N(C)C)c(N=C(N(C)C)N(C)C)cc1C2)N(C)C. The molecule has 0 saturated heterocycles. The monoisotopic (exact) mass is 659 g/mol. The summed E-state index contributed by atoms with van der Waals surface area (Å²) in [6, 6.07) is 10.5. The van der Waals surface area contributed by atoms with Crippen molar-refractivity contribution in [1.29, 1.82) is 5.26 Å². The first-order chi connectivity index (χ1) is 22.3. The van der Waals surface area contributed by atoms with Crippen molar-refractivity contribution in [2.75, 3.05) is 113 Å². The molecule has 0 spiro atoms. The van der Waals surface area contributed by atoms with Crippen LogP contribution in [0.4, 0.5) is 22.7 Å². The molecular weight excluding hydrogens is 602 g/mol. The van der Waals surface area contributed by atoms with E-state index in [1.807, 2.05) is 152 Å². The molecule has 13 heteroatoms. The largest absolute Gasteiger partial charge is 0.349 e. The van der Waals surface area contributed by atoms with Crippen LogP contribution in [0.25, 0.3) is 11.1 Å². The number of fused-ring (bicyclic) bond motifs is 3. The zero-order valence-corrected chi connectivity index (χ0v) is 32.3. The lowest BCUT2D eigenvalue weighted by Crippen LogP contribution is -2.35. The fourth-order valence-corrected chi connectivity index (χ4v) is 5.43. The molecule has 0 heterocycles. The lowest BCUT2D eigenvalue weighted by molar-refractivity contribution is 0.483. The summed E-state index contributed by atoms with van der Waals surface area (Å²) in [5.41, 5.74) is 7.93. The predicted molar refractivity (Wildman–Crippen MR) is 204 cm³/mol. The third kappa shape index (κ3) is 9.53. The van der Waals surface area contributed by atoms with Crippen LogP contribution in [-0.4, -0.2) is 176 Å². The number of nitrogens with zero attached hydrogens (tertiary/aromatic N) is 13. The molecule has 0 N–H and O–H groups in total. The molecule has 0 fully saturated rings. The average molecular weight is 660 g/mol. The van der Waals surface area contributed by atoms with Crippen LogP contribution in [0.2, 0.25) is 0 Å². The molecule has 3 rings (SSSR count). The highest BCUT2D eigenvalue weighted by atomic mass is 15.4. The van der Waals surface area contributed by atoms with Gasteiger partial charge in [-0.25, -0.2) is 20.0 Å². The summed E-state index contributed by atoms with van der Waals surface area (Å²) >= 11 is 0. The molecule has 2 aromatic rings. The maximum Gasteiger partial charge on any atom is 0.200 e. The summed E-state index contributed by atoms with van der Waals surface area (Å²) in [4.78, 5) is 36.7. The molecule has 48 heavy (non-hydrogen) atoms. The van der Waals surface area contributed by atoms with Gasteiger partial charge < -0.3 is 39.2 Å². The van der Waals surface area contributed by atoms with E-state index in [-0.39, 0.29) is 0 Å². The van der Waals surface area contributed by atoms with Crippen molar-refractivity contribution in [3.8, 4) is 17.2 Å². The second kappa shape index (κ2) is 16.7. The van der Waals surface area contributed by atoms with Crippen molar-refractivity contribution in [2.24, 2.45) is 20.0 Å². The van der Waals surface area contributed by atoms with E-state index in [2.05, 4.69) is 24.3 Å². The van der Waals surface area contributed by atoms with Crippen LogP contribution < -0.4 is 0 Å². The molecule has 0 amide bonds. The van der Waals surface area contributed by atoms with Crippen LogP contribution in [-0.2, 0) is 6.42 Å². The molecule has 0 atom stereocenters. The summed E-state index contributed by atoms with van der Waals surface area (Å²) in [6.07, 6.45) is 0.769. The first kappa shape index (κ1) is 39.2. The van der Waals surface area contributed by atoms with Gasteiger partial charge in [0.1, 0.15) is 0 Å². The zero-order valence-electron chi connectivity index (χ0n) is 32.3. The Kier molecular flexibility index (Phi) is 13.6. The third-order valence-corrected chi connectivity index (χ3v) is 7.15. The highest BCUT2D eigenvalue weighted by Gasteiger charge is 2.25. The fraction of sp³-hybridized carbons (Fsp3) is 0.514. The normalized spacial score (nSPS) is 10.5. The quantitative estimate of drug-likeness (QED) is 0.301. The number of benzene rings is 2. The summed E-state index contributed by atoms with van der Waals surface area (Å²) in [5.74, 6) is 3.34. The Hall–Kier alpha value is -4.99. The van der Waals surface area contributed by atoms with Gasteiger partial charge in [0.2, 0.25) is 23.8 Å². The Balaban J connectivity index is 0.00000257. The highest BCUT2D eigenvalue weighted by Crippen LogP contribution is 2.47. The first-order valence-electron chi connectivity index (χ1n) is 15.7. The molecule has 13 nitrogen and oxygen atoms in total. The second-order valence-corrected chi connectivity index (χ2v) is 13.2. The molecular formula is C35H57N13. The van der Waals surface area contributed by atoms with E-state index < -0.39 is 0 Å². The van der Waals surface area contributed by atoms with Crippen molar-refractivity contribution < 1.29 is 0 Å². The van der Waals surface area contributed by atoms with Gasteiger partial charge in [0, 0.05) is 120 Å². The summed E-state index contributed by atoms with van der Waals surface area (Å²) in [7, 11) is 32.1. The van der Waals surface area contributed by atoms with Gasteiger partial charge in [0.25, 0.3) is 0 Å². The summed E-state index contributed by atoms with van der Waals surface area (Å²) < 4.78 is 0. The lowest BCUT2D eigenvalue weighted by atomic mass is 10.0. The minimum Gasteiger partial charge on any atom is -0.349 e. The molecule has 0 radical (unpaired) electrons. The maximum atomic E-state index is 7.32. The van der Waals surface area contributed by atoms with E-state index in [0.29, 0.717) is 0 Å². The van der Waals surface area contributed by atoms with Crippen LogP contribution in [0, 0.1) is 11.3 Å². The molecule has 0 bridgehead atoms. The first-order valence-corrected chi connectivity index (χ1v) is 15.7. The number of guanidine groups is 4. The Morgan fingerprint density at radius 2 is 0.625 bits per heavy atom. The molecule has 1 aliphatic rings. The van der Waals surface area contributed by atoms with Crippen LogP contribution in [0.3, 0.4) is 0 Å². The lowest BCUT2D eigenvalue weighted by Gasteiger charge is -2.24. The molecule has 1 aliphatic carbocycles. The van der Waals surface area contributed by atoms with Crippen molar-refractivity contribution in [2.45, 2.75) is 13.3 Å². The molecule has 2 aromatic carbocycles. The molecule has 0 saturated carbocycles. The topological polar surface area (TPSA) is 99.1 Å². The van der Waals surface area contributed by atoms with Gasteiger partial charge in [-0.3, -0.25) is 0 Å².